The van der Waals surface area contributed by atoms with Gasteiger partial charge in [0, 0.05) is 23.1 Å². The second kappa shape index (κ2) is 8.50. The molecule has 1 aromatic carbocycles. The number of halogens is 4. The topological polar surface area (TPSA) is 62.2 Å². The number of carbonyl (C=O) groups excluding carboxylic acids is 1. The molecule has 1 aromatic heterocycles. The van der Waals surface area contributed by atoms with Gasteiger partial charge in [0.05, 0.1) is 11.1 Å². The SMILES string of the molecule is O=C(Nc1cc(F)c(F)c(F)c1)c1ccc(Cl)c(SC2CCC(O)CC2)n1. The van der Waals surface area contributed by atoms with E-state index < -0.39 is 23.4 Å². The van der Waals surface area contributed by atoms with Gasteiger partial charge in [0.2, 0.25) is 0 Å². The number of nitrogens with one attached hydrogen (secondary N) is 1. The van der Waals surface area contributed by atoms with E-state index in [4.69, 9.17) is 11.6 Å². The van der Waals surface area contributed by atoms with Crippen molar-refractivity contribution in [3.63, 3.8) is 0 Å². The minimum absolute atomic E-state index is 0.0166. The van der Waals surface area contributed by atoms with Crippen LogP contribution in [0.15, 0.2) is 29.3 Å². The van der Waals surface area contributed by atoms with Gasteiger partial charge in [0.15, 0.2) is 17.5 Å². The first-order chi connectivity index (χ1) is 12.8. The van der Waals surface area contributed by atoms with Crippen molar-refractivity contribution in [2.45, 2.75) is 42.1 Å². The predicted octanol–water partition coefficient (Wildman–Crippen LogP) is 4.80. The molecule has 1 heterocycles. The largest absolute Gasteiger partial charge is 0.393 e. The van der Waals surface area contributed by atoms with E-state index >= 15 is 0 Å². The number of hydrogen-bond donors (Lipinski definition) is 2. The van der Waals surface area contributed by atoms with Crippen LogP contribution >= 0.6 is 23.4 Å². The summed E-state index contributed by atoms with van der Waals surface area (Å²) in [4.78, 5) is 16.6. The zero-order chi connectivity index (χ0) is 19.6. The van der Waals surface area contributed by atoms with Crippen molar-refractivity contribution in [1.29, 1.82) is 0 Å². The summed E-state index contributed by atoms with van der Waals surface area (Å²) in [6, 6.07) is 4.29. The van der Waals surface area contributed by atoms with Crippen LogP contribution in [0.3, 0.4) is 0 Å². The van der Waals surface area contributed by atoms with Gasteiger partial charge in [-0.15, -0.1) is 11.8 Å². The molecule has 1 fully saturated rings. The van der Waals surface area contributed by atoms with Crippen LogP contribution in [-0.4, -0.2) is 27.4 Å². The summed E-state index contributed by atoms with van der Waals surface area (Å²) in [5, 5.41) is 13.0. The Hall–Kier alpha value is -1.77. The Balaban J connectivity index is 1.74. The standard InChI is InChI=1S/C18H16ClF3N2O2S/c19-12-5-6-15(24-18(12)27-11-3-1-10(25)2-4-11)17(26)23-9-7-13(20)16(22)14(21)8-9/h5-8,10-11,25H,1-4H2,(H,23,26). The molecule has 2 aromatic rings. The molecule has 0 spiro atoms. The highest BCUT2D eigenvalue weighted by atomic mass is 35.5. The maximum atomic E-state index is 13.3. The van der Waals surface area contributed by atoms with Crippen LogP contribution in [0.4, 0.5) is 18.9 Å². The lowest BCUT2D eigenvalue weighted by atomic mass is 9.97. The summed E-state index contributed by atoms with van der Waals surface area (Å²) in [6.07, 6.45) is 2.76. The van der Waals surface area contributed by atoms with Gasteiger partial charge in [0.1, 0.15) is 10.7 Å². The number of aromatic nitrogens is 1. The molecule has 0 bridgehead atoms. The lowest BCUT2D eigenvalue weighted by molar-refractivity contribution is 0.102. The van der Waals surface area contributed by atoms with E-state index in [1.807, 2.05) is 0 Å². The van der Waals surface area contributed by atoms with Crippen LogP contribution < -0.4 is 5.32 Å². The molecule has 27 heavy (non-hydrogen) atoms. The number of amides is 1. The monoisotopic (exact) mass is 416 g/mol. The van der Waals surface area contributed by atoms with Gasteiger partial charge < -0.3 is 10.4 Å². The van der Waals surface area contributed by atoms with Gasteiger partial charge in [-0.2, -0.15) is 0 Å². The van der Waals surface area contributed by atoms with Crippen LogP contribution in [-0.2, 0) is 0 Å². The van der Waals surface area contributed by atoms with E-state index in [1.165, 1.54) is 23.9 Å². The van der Waals surface area contributed by atoms with E-state index in [2.05, 4.69) is 10.3 Å². The Bertz CT molecular complexity index is 837. The van der Waals surface area contributed by atoms with Crippen molar-refractivity contribution in [2.24, 2.45) is 0 Å². The lowest BCUT2D eigenvalue weighted by Crippen LogP contribution is -2.20. The number of benzene rings is 1. The highest BCUT2D eigenvalue weighted by Gasteiger charge is 2.22. The molecule has 0 aliphatic heterocycles. The fraction of sp³-hybridized carbons (Fsp3) is 0.333. The fourth-order valence-electron chi connectivity index (χ4n) is 2.78. The van der Waals surface area contributed by atoms with Gasteiger partial charge in [-0.1, -0.05) is 11.6 Å². The van der Waals surface area contributed by atoms with Crippen LogP contribution in [0, 0.1) is 17.5 Å². The number of aliphatic hydroxyl groups is 1. The minimum Gasteiger partial charge on any atom is -0.393 e. The van der Waals surface area contributed by atoms with Crippen LogP contribution in [0.25, 0.3) is 0 Å². The number of rotatable bonds is 4. The Kier molecular flexibility index (Phi) is 6.29. The summed E-state index contributed by atoms with van der Waals surface area (Å²) in [5.74, 6) is -5.10. The molecule has 0 atom stereocenters. The van der Waals surface area contributed by atoms with Gasteiger partial charge >= 0.3 is 0 Å². The number of hydrogen-bond acceptors (Lipinski definition) is 4. The van der Waals surface area contributed by atoms with E-state index in [9.17, 15) is 23.1 Å². The molecule has 1 amide bonds. The Labute approximate surface area is 163 Å². The molecule has 144 valence electrons. The zero-order valence-corrected chi connectivity index (χ0v) is 15.6. The third-order valence-electron chi connectivity index (χ3n) is 4.21. The molecular weight excluding hydrogens is 401 g/mol. The van der Waals surface area contributed by atoms with Crippen LogP contribution in [0.1, 0.15) is 36.2 Å². The second-order valence-corrected chi connectivity index (χ2v) is 7.94. The van der Waals surface area contributed by atoms with Crippen LogP contribution in [0.2, 0.25) is 5.02 Å². The summed E-state index contributed by atoms with van der Waals surface area (Å²) >= 11 is 7.60. The Morgan fingerprint density at radius 2 is 1.78 bits per heavy atom. The Morgan fingerprint density at radius 3 is 2.41 bits per heavy atom. The van der Waals surface area contributed by atoms with Crippen molar-refractivity contribution < 1.29 is 23.1 Å². The summed E-state index contributed by atoms with van der Waals surface area (Å²) in [6.45, 7) is 0. The van der Waals surface area contributed by atoms with Crippen molar-refractivity contribution >= 4 is 35.0 Å². The fourth-order valence-corrected chi connectivity index (χ4v) is 4.17. The van der Waals surface area contributed by atoms with Crippen molar-refractivity contribution in [2.75, 3.05) is 5.32 Å². The quantitative estimate of drug-likeness (QED) is 0.703. The molecule has 0 unspecified atom stereocenters. The molecule has 1 aliphatic carbocycles. The highest BCUT2D eigenvalue weighted by molar-refractivity contribution is 8.00. The maximum absolute atomic E-state index is 13.3. The molecule has 9 heteroatoms. The normalized spacial score (nSPS) is 19.7. The summed E-state index contributed by atoms with van der Waals surface area (Å²) in [5.41, 5.74) is -0.202. The van der Waals surface area contributed by atoms with E-state index in [-0.39, 0.29) is 22.7 Å². The average Bonchev–Trinajstić information content (AvgIpc) is 2.63. The lowest BCUT2D eigenvalue weighted by Gasteiger charge is -2.24. The van der Waals surface area contributed by atoms with Crippen LogP contribution in [0.5, 0.6) is 0 Å². The van der Waals surface area contributed by atoms with E-state index in [1.54, 1.807) is 0 Å². The smallest absolute Gasteiger partial charge is 0.274 e. The van der Waals surface area contributed by atoms with Gasteiger partial charge in [-0.25, -0.2) is 18.2 Å². The third-order valence-corrected chi connectivity index (χ3v) is 5.97. The van der Waals surface area contributed by atoms with Gasteiger partial charge in [0.25, 0.3) is 5.91 Å². The predicted molar refractivity (Wildman–Crippen MR) is 97.6 cm³/mol. The number of aliphatic hydroxyl groups excluding tert-OH is 1. The van der Waals surface area contributed by atoms with Gasteiger partial charge in [-0.3, -0.25) is 4.79 Å². The number of thioether (sulfide) groups is 1. The molecule has 0 radical (unpaired) electrons. The molecule has 1 aliphatic rings. The average molecular weight is 417 g/mol. The Morgan fingerprint density at radius 1 is 1.15 bits per heavy atom. The highest BCUT2D eigenvalue weighted by Crippen LogP contribution is 2.36. The molecule has 2 N–H and O–H groups in total. The third kappa shape index (κ3) is 4.94. The number of pyridine rings is 1. The van der Waals surface area contributed by atoms with Crippen molar-refractivity contribution in [3.8, 4) is 0 Å². The molecule has 1 saturated carbocycles. The second-order valence-electron chi connectivity index (χ2n) is 6.24. The van der Waals surface area contributed by atoms with Crippen molar-refractivity contribution in [3.05, 3.63) is 52.4 Å². The number of anilines is 1. The van der Waals surface area contributed by atoms with Crippen molar-refractivity contribution in [1.82, 2.24) is 4.98 Å². The van der Waals surface area contributed by atoms with E-state index in [0.29, 0.717) is 35.0 Å². The number of nitrogens with zero attached hydrogens (tertiary/aromatic N) is 1. The first-order valence-corrected chi connectivity index (χ1v) is 9.56. The number of carbonyl (C=O) groups is 1. The summed E-state index contributed by atoms with van der Waals surface area (Å²) < 4.78 is 39.6. The van der Waals surface area contributed by atoms with Gasteiger partial charge in [-0.05, 0) is 37.8 Å². The maximum Gasteiger partial charge on any atom is 0.274 e. The molecule has 0 saturated heterocycles. The summed E-state index contributed by atoms with van der Waals surface area (Å²) in [7, 11) is 0. The van der Waals surface area contributed by atoms with E-state index in [0.717, 1.165) is 12.8 Å². The zero-order valence-electron chi connectivity index (χ0n) is 14.0. The molecular formula is C18H16ClF3N2O2S. The molecule has 4 nitrogen and oxygen atoms in total. The molecule has 3 rings (SSSR count). The first-order valence-electron chi connectivity index (χ1n) is 8.30. The minimum atomic E-state index is -1.60. The first kappa shape index (κ1) is 20.0.